The van der Waals surface area contributed by atoms with Crippen LogP contribution in [-0.4, -0.2) is 49.5 Å². The Kier molecular flexibility index (Phi) is 7.27. The first kappa shape index (κ1) is 18.4. The lowest BCUT2D eigenvalue weighted by atomic mass is 10.2. The molecular weight excluding hydrogens is 284 g/mol. The van der Waals surface area contributed by atoms with Crippen LogP contribution >= 0.6 is 0 Å². The number of rotatable bonds is 8. The molecule has 0 bridgehead atoms. The highest BCUT2D eigenvalue weighted by atomic mass is 16.5. The number of methoxy groups -OCH3 is 1. The predicted octanol–water partition coefficient (Wildman–Crippen LogP) is 2.04. The van der Waals surface area contributed by atoms with Gasteiger partial charge in [-0.15, -0.1) is 0 Å². The van der Waals surface area contributed by atoms with E-state index < -0.39 is 0 Å². The molecule has 1 aromatic rings. The third kappa shape index (κ3) is 7.38. The number of carbonyl (C=O) groups is 1. The normalized spacial score (nSPS) is 12.8. The van der Waals surface area contributed by atoms with Crippen LogP contribution in [0.3, 0.4) is 0 Å². The second-order valence-electron chi connectivity index (χ2n) is 6.02. The Hall–Kier alpha value is -1.66. The number of nitrogens with zero attached hydrogens (tertiary/aromatic N) is 1. The number of carbonyl (C=O) groups excluding carboxylic acids is 1. The minimum atomic E-state index is -0.183. The summed E-state index contributed by atoms with van der Waals surface area (Å²) in [5.41, 5.74) is 0.304. The molecule has 0 aliphatic carbocycles. The zero-order valence-electron chi connectivity index (χ0n) is 14.0. The molecule has 0 fully saturated rings. The van der Waals surface area contributed by atoms with Crippen LogP contribution < -0.4 is 10.1 Å². The van der Waals surface area contributed by atoms with Crippen LogP contribution in [0.25, 0.3) is 0 Å². The Morgan fingerprint density at radius 3 is 2.59 bits per heavy atom. The van der Waals surface area contributed by atoms with Gasteiger partial charge in [-0.3, -0.25) is 4.79 Å². The second-order valence-corrected chi connectivity index (χ2v) is 6.02. The summed E-state index contributed by atoms with van der Waals surface area (Å²) in [6.45, 7) is 9.22. The molecule has 124 valence electrons. The summed E-state index contributed by atoms with van der Waals surface area (Å²) < 4.78 is 16.0. The molecule has 1 atom stereocenters. The maximum atomic E-state index is 11.9. The Balaban J connectivity index is 2.41. The summed E-state index contributed by atoms with van der Waals surface area (Å²) in [5.74, 6) is 0.290. The molecule has 0 spiro atoms. The molecule has 22 heavy (non-hydrogen) atoms. The van der Waals surface area contributed by atoms with E-state index in [4.69, 9.17) is 14.2 Å². The van der Waals surface area contributed by atoms with E-state index in [0.29, 0.717) is 31.3 Å². The molecule has 1 aromatic heterocycles. The van der Waals surface area contributed by atoms with Gasteiger partial charge in [-0.25, -0.2) is 4.98 Å². The van der Waals surface area contributed by atoms with Crippen LogP contribution in [0, 0.1) is 0 Å². The molecule has 6 nitrogen and oxygen atoms in total. The molecule has 0 aliphatic rings. The first-order chi connectivity index (χ1) is 10.3. The minimum Gasteiger partial charge on any atom is -0.475 e. The molecule has 6 heteroatoms. The number of pyridine rings is 1. The van der Waals surface area contributed by atoms with Crippen molar-refractivity contribution in [1.29, 1.82) is 0 Å². The largest absolute Gasteiger partial charge is 0.475 e. The standard InChI is InChI=1S/C16H26N2O4/c1-12(11-20-5)18-15(19)13-6-7-14(17-10-13)21-8-9-22-16(2,3)4/h6-7,10,12H,8-9,11H2,1-5H3,(H,18,19). The molecule has 1 amide bonds. The molecule has 0 saturated carbocycles. The van der Waals surface area contributed by atoms with Gasteiger partial charge in [0.15, 0.2) is 0 Å². The highest BCUT2D eigenvalue weighted by molar-refractivity contribution is 5.94. The van der Waals surface area contributed by atoms with Crippen molar-refractivity contribution in [2.45, 2.75) is 39.3 Å². The van der Waals surface area contributed by atoms with Gasteiger partial charge >= 0.3 is 0 Å². The van der Waals surface area contributed by atoms with Gasteiger partial charge in [0.2, 0.25) is 5.88 Å². The molecule has 1 N–H and O–H groups in total. The monoisotopic (exact) mass is 310 g/mol. The van der Waals surface area contributed by atoms with Crippen molar-refractivity contribution in [3.05, 3.63) is 23.9 Å². The first-order valence-corrected chi connectivity index (χ1v) is 7.34. The van der Waals surface area contributed by atoms with Crippen molar-refractivity contribution in [2.24, 2.45) is 0 Å². The van der Waals surface area contributed by atoms with Crippen LogP contribution in [0.15, 0.2) is 18.3 Å². The summed E-state index contributed by atoms with van der Waals surface area (Å²) in [6, 6.07) is 3.30. The SMILES string of the molecule is COCC(C)NC(=O)c1ccc(OCCOC(C)(C)C)nc1. The quantitative estimate of drug-likeness (QED) is 0.744. The fourth-order valence-electron chi connectivity index (χ4n) is 1.69. The molecule has 1 unspecified atom stereocenters. The summed E-state index contributed by atoms with van der Waals surface area (Å²) in [6.07, 6.45) is 1.49. The highest BCUT2D eigenvalue weighted by Crippen LogP contribution is 2.09. The van der Waals surface area contributed by atoms with Gasteiger partial charge in [-0.05, 0) is 33.8 Å². The third-order valence-corrected chi connectivity index (χ3v) is 2.66. The van der Waals surface area contributed by atoms with Crippen molar-refractivity contribution in [1.82, 2.24) is 10.3 Å². The van der Waals surface area contributed by atoms with Crippen LogP contribution in [0.4, 0.5) is 0 Å². The average Bonchev–Trinajstić information content (AvgIpc) is 2.43. The summed E-state index contributed by atoms with van der Waals surface area (Å²) in [7, 11) is 1.60. The number of nitrogens with one attached hydrogen (secondary N) is 1. The number of hydrogen-bond donors (Lipinski definition) is 1. The van der Waals surface area contributed by atoms with Gasteiger partial charge in [0.25, 0.3) is 5.91 Å². The Labute approximate surface area is 132 Å². The van der Waals surface area contributed by atoms with E-state index in [9.17, 15) is 4.79 Å². The van der Waals surface area contributed by atoms with Crippen LogP contribution in [0.1, 0.15) is 38.1 Å². The van der Waals surface area contributed by atoms with E-state index >= 15 is 0 Å². The summed E-state index contributed by atoms with van der Waals surface area (Å²) in [5, 5.41) is 2.82. The molecule has 1 rings (SSSR count). The van der Waals surface area contributed by atoms with Gasteiger partial charge in [-0.2, -0.15) is 0 Å². The number of amides is 1. The molecule has 0 radical (unpaired) electrons. The van der Waals surface area contributed by atoms with Crippen molar-refractivity contribution < 1.29 is 19.0 Å². The second kappa shape index (κ2) is 8.70. The first-order valence-electron chi connectivity index (χ1n) is 7.34. The van der Waals surface area contributed by atoms with Crippen LogP contribution in [0.2, 0.25) is 0 Å². The molecule has 0 saturated heterocycles. The highest BCUT2D eigenvalue weighted by Gasteiger charge is 2.11. The van der Waals surface area contributed by atoms with Gasteiger partial charge in [0.1, 0.15) is 6.61 Å². The molecular formula is C16H26N2O4. The van der Waals surface area contributed by atoms with Crippen molar-refractivity contribution in [3.8, 4) is 5.88 Å². The fourth-order valence-corrected chi connectivity index (χ4v) is 1.69. The summed E-state index contributed by atoms with van der Waals surface area (Å²) >= 11 is 0. The average molecular weight is 310 g/mol. The lowest BCUT2D eigenvalue weighted by Crippen LogP contribution is -2.35. The Bertz CT molecular complexity index is 454. The number of hydrogen-bond acceptors (Lipinski definition) is 5. The minimum absolute atomic E-state index is 0.0528. The zero-order valence-corrected chi connectivity index (χ0v) is 14.0. The van der Waals surface area contributed by atoms with E-state index in [0.717, 1.165) is 0 Å². The Morgan fingerprint density at radius 2 is 2.05 bits per heavy atom. The predicted molar refractivity (Wildman–Crippen MR) is 84.2 cm³/mol. The van der Waals surface area contributed by atoms with Gasteiger partial charge < -0.3 is 19.5 Å². The van der Waals surface area contributed by atoms with Crippen LogP contribution in [0.5, 0.6) is 5.88 Å². The molecule has 0 aliphatic heterocycles. The zero-order chi connectivity index (χ0) is 16.6. The Morgan fingerprint density at radius 1 is 1.32 bits per heavy atom. The maximum Gasteiger partial charge on any atom is 0.253 e. The summed E-state index contributed by atoms with van der Waals surface area (Å²) in [4.78, 5) is 16.1. The van der Waals surface area contributed by atoms with Gasteiger partial charge in [0.05, 0.1) is 24.4 Å². The lowest BCUT2D eigenvalue weighted by molar-refractivity contribution is -0.0168. The van der Waals surface area contributed by atoms with Gasteiger partial charge in [0, 0.05) is 25.4 Å². The van der Waals surface area contributed by atoms with E-state index in [1.54, 1.807) is 19.2 Å². The van der Waals surface area contributed by atoms with Crippen molar-refractivity contribution in [2.75, 3.05) is 26.9 Å². The van der Waals surface area contributed by atoms with E-state index in [-0.39, 0.29) is 17.6 Å². The van der Waals surface area contributed by atoms with E-state index in [1.807, 2.05) is 27.7 Å². The van der Waals surface area contributed by atoms with E-state index in [1.165, 1.54) is 6.20 Å². The van der Waals surface area contributed by atoms with Crippen molar-refractivity contribution >= 4 is 5.91 Å². The van der Waals surface area contributed by atoms with Crippen LogP contribution in [-0.2, 0) is 9.47 Å². The topological polar surface area (TPSA) is 69.7 Å². The molecule has 0 aromatic carbocycles. The van der Waals surface area contributed by atoms with Crippen molar-refractivity contribution in [3.63, 3.8) is 0 Å². The fraction of sp³-hybridized carbons (Fsp3) is 0.625. The maximum absolute atomic E-state index is 11.9. The number of aromatic nitrogens is 1. The van der Waals surface area contributed by atoms with Gasteiger partial charge in [-0.1, -0.05) is 0 Å². The van der Waals surface area contributed by atoms with E-state index in [2.05, 4.69) is 10.3 Å². The third-order valence-electron chi connectivity index (χ3n) is 2.66. The number of ether oxygens (including phenoxy) is 3. The smallest absolute Gasteiger partial charge is 0.253 e. The lowest BCUT2D eigenvalue weighted by Gasteiger charge is -2.19. The molecule has 1 heterocycles.